The molecule has 0 saturated carbocycles. The quantitative estimate of drug-likeness (QED) is 0.614. The molecule has 3 aromatic rings. The van der Waals surface area contributed by atoms with Crippen LogP contribution in [0, 0.1) is 11.6 Å². The first-order chi connectivity index (χ1) is 14.2. The van der Waals surface area contributed by atoms with E-state index < -0.39 is 32.9 Å². The molecule has 1 aromatic heterocycles. The van der Waals surface area contributed by atoms with Crippen molar-refractivity contribution in [3.8, 4) is 16.9 Å². The summed E-state index contributed by atoms with van der Waals surface area (Å²) in [5.41, 5.74) is 0.950. The van der Waals surface area contributed by atoms with Crippen LogP contribution in [-0.4, -0.2) is 35.1 Å². The highest BCUT2D eigenvalue weighted by Gasteiger charge is 2.21. The number of anilines is 1. The molecule has 30 heavy (non-hydrogen) atoms. The second-order valence-electron chi connectivity index (χ2n) is 6.77. The van der Waals surface area contributed by atoms with Crippen molar-refractivity contribution in [2.24, 2.45) is 0 Å². The van der Waals surface area contributed by atoms with Crippen LogP contribution in [0.3, 0.4) is 0 Å². The van der Waals surface area contributed by atoms with Gasteiger partial charge in [0.05, 0.1) is 17.7 Å². The minimum Gasteiger partial charge on any atom is -0.326 e. The first kappa shape index (κ1) is 21.6. The number of rotatable bonds is 7. The molecule has 0 aliphatic heterocycles. The van der Waals surface area contributed by atoms with Gasteiger partial charge in [0, 0.05) is 23.7 Å². The standard InChI is InChI=1S/C20H20F2N4O3S/c1-3-10-30(28,29)12-15-6-9-17(21)20(19(15)22)26-11-18(24-25-26)14-4-7-16(8-5-14)23-13(2)27/h4-9,11H,3,10,12H2,1-2H3,(H,23,27). The van der Waals surface area contributed by atoms with Crippen LogP contribution in [0.15, 0.2) is 42.6 Å². The third-order valence-corrected chi connectivity index (χ3v) is 6.04. The summed E-state index contributed by atoms with van der Waals surface area (Å²) in [7, 11) is -3.51. The van der Waals surface area contributed by atoms with E-state index >= 15 is 0 Å². The molecule has 0 unspecified atom stereocenters. The van der Waals surface area contributed by atoms with Crippen LogP contribution in [0.2, 0.25) is 0 Å². The average Bonchev–Trinajstić information content (AvgIpc) is 3.14. The summed E-state index contributed by atoms with van der Waals surface area (Å²) in [4.78, 5) is 11.1. The number of nitrogens with one attached hydrogen (secondary N) is 1. The maximum Gasteiger partial charge on any atom is 0.221 e. The molecule has 2 aromatic carbocycles. The first-order valence-electron chi connectivity index (χ1n) is 9.18. The van der Waals surface area contributed by atoms with E-state index in [0.29, 0.717) is 23.4 Å². The van der Waals surface area contributed by atoms with Crippen molar-refractivity contribution >= 4 is 21.4 Å². The average molecular weight is 434 g/mol. The van der Waals surface area contributed by atoms with Gasteiger partial charge in [-0.2, -0.15) is 0 Å². The molecular weight excluding hydrogens is 414 g/mol. The van der Waals surface area contributed by atoms with Crippen LogP contribution in [0.5, 0.6) is 0 Å². The molecular formula is C20H20F2N4O3S. The number of carbonyl (C=O) groups excluding carboxylic acids is 1. The SMILES string of the molecule is CCCS(=O)(=O)Cc1ccc(F)c(-n2cc(-c3ccc(NC(C)=O)cc3)nn2)c1F. The van der Waals surface area contributed by atoms with Crippen LogP contribution < -0.4 is 5.32 Å². The molecule has 0 aliphatic rings. The fourth-order valence-corrected chi connectivity index (χ4v) is 4.42. The Kier molecular flexibility index (Phi) is 6.25. The van der Waals surface area contributed by atoms with Gasteiger partial charge in [-0.25, -0.2) is 21.9 Å². The lowest BCUT2D eigenvalue weighted by Crippen LogP contribution is -2.12. The fourth-order valence-electron chi connectivity index (χ4n) is 2.96. The van der Waals surface area contributed by atoms with Gasteiger partial charge < -0.3 is 5.32 Å². The number of benzene rings is 2. The number of hydrogen-bond acceptors (Lipinski definition) is 5. The number of halogens is 2. The van der Waals surface area contributed by atoms with Gasteiger partial charge in [-0.1, -0.05) is 30.3 Å². The van der Waals surface area contributed by atoms with Gasteiger partial charge in [0.15, 0.2) is 21.5 Å². The number of hydrogen-bond donors (Lipinski definition) is 1. The Balaban J connectivity index is 1.93. The Morgan fingerprint density at radius 3 is 2.47 bits per heavy atom. The number of sulfone groups is 1. The van der Waals surface area contributed by atoms with Crippen molar-refractivity contribution < 1.29 is 22.0 Å². The van der Waals surface area contributed by atoms with Crippen LogP contribution in [0.4, 0.5) is 14.5 Å². The molecule has 10 heteroatoms. The normalized spacial score (nSPS) is 11.5. The highest BCUT2D eigenvalue weighted by molar-refractivity contribution is 7.90. The molecule has 0 atom stereocenters. The lowest BCUT2D eigenvalue weighted by Gasteiger charge is -2.09. The van der Waals surface area contributed by atoms with Crippen molar-refractivity contribution in [1.82, 2.24) is 15.0 Å². The minimum atomic E-state index is -3.51. The summed E-state index contributed by atoms with van der Waals surface area (Å²) in [6.45, 7) is 3.11. The van der Waals surface area contributed by atoms with Crippen molar-refractivity contribution in [2.45, 2.75) is 26.0 Å². The van der Waals surface area contributed by atoms with E-state index in [0.717, 1.165) is 16.8 Å². The molecule has 158 valence electrons. The van der Waals surface area contributed by atoms with E-state index in [9.17, 15) is 22.0 Å². The Morgan fingerprint density at radius 2 is 1.83 bits per heavy atom. The Morgan fingerprint density at radius 1 is 1.13 bits per heavy atom. The maximum absolute atomic E-state index is 14.9. The van der Waals surface area contributed by atoms with E-state index in [4.69, 9.17) is 0 Å². The molecule has 1 amide bonds. The van der Waals surface area contributed by atoms with Gasteiger partial charge in [0.2, 0.25) is 5.91 Å². The largest absolute Gasteiger partial charge is 0.326 e. The summed E-state index contributed by atoms with van der Waals surface area (Å²) in [6.07, 6.45) is 1.75. The molecule has 0 bridgehead atoms. The van der Waals surface area contributed by atoms with Gasteiger partial charge in [0.25, 0.3) is 0 Å². The van der Waals surface area contributed by atoms with Crippen molar-refractivity contribution in [3.63, 3.8) is 0 Å². The molecule has 3 rings (SSSR count). The Labute approximate surface area is 172 Å². The van der Waals surface area contributed by atoms with Gasteiger partial charge in [-0.15, -0.1) is 5.10 Å². The van der Waals surface area contributed by atoms with Crippen LogP contribution in [0.1, 0.15) is 25.8 Å². The van der Waals surface area contributed by atoms with Crippen molar-refractivity contribution in [1.29, 1.82) is 0 Å². The summed E-state index contributed by atoms with van der Waals surface area (Å²) in [5.74, 6) is -2.69. The predicted octanol–water partition coefficient (Wildman–Crippen LogP) is 3.50. The first-order valence-corrected chi connectivity index (χ1v) is 11.0. The third-order valence-electron chi connectivity index (χ3n) is 4.26. The minimum absolute atomic E-state index is 0.0822. The van der Waals surface area contributed by atoms with Crippen molar-refractivity contribution in [3.05, 3.63) is 59.8 Å². The van der Waals surface area contributed by atoms with E-state index in [2.05, 4.69) is 15.6 Å². The molecule has 0 spiro atoms. The number of carbonyl (C=O) groups is 1. The number of aromatic nitrogens is 3. The van der Waals surface area contributed by atoms with E-state index in [-0.39, 0.29) is 17.2 Å². The van der Waals surface area contributed by atoms with Gasteiger partial charge in [0.1, 0.15) is 11.4 Å². The summed E-state index contributed by atoms with van der Waals surface area (Å²) in [5, 5.41) is 10.4. The van der Waals surface area contributed by atoms with Gasteiger partial charge >= 0.3 is 0 Å². The summed E-state index contributed by atoms with van der Waals surface area (Å²) in [6, 6.07) is 8.82. The number of amides is 1. The predicted molar refractivity (Wildman–Crippen MR) is 109 cm³/mol. The summed E-state index contributed by atoms with van der Waals surface area (Å²) >= 11 is 0. The Bertz CT molecular complexity index is 1180. The van der Waals surface area contributed by atoms with Gasteiger partial charge in [-0.05, 0) is 24.6 Å². The highest BCUT2D eigenvalue weighted by Crippen LogP contribution is 2.25. The number of nitrogens with zero attached hydrogens (tertiary/aromatic N) is 3. The molecule has 7 nitrogen and oxygen atoms in total. The maximum atomic E-state index is 14.9. The fraction of sp³-hybridized carbons (Fsp3) is 0.250. The molecule has 1 heterocycles. The van der Waals surface area contributed by atoms with E-state index in [1.807, 2.05) is 0 Å². The van der Waals surface area contributed by atoms with Crippen LogP contribution in [-0.2, 0) is 20.4 Å². The van der Waals surface area contributed by atoms with E-state index in [1.54, 1.807) is 31.2 Å². The molecule has 0 saturated heterocycles. The second kappa shape index (κ2) is 8.70. The zero-order chi connectivity index (χ0) is 21.9. The smallest absolute Gasteiger partial charge is 0.221 e. The third kappa shape index (κ3) is 4.88. The molecule has 0 radical (unpaired) electrons. The lowest BCUT2D eigenvalue weighted by molar-refractivity contribution is -0.114. The van der Waals surface area contributed by atoms with Gasteiger partial charge in [-0.3, -0.25) is 4.79 Å². The lowest BCUT2D eigenvalue weighted by atomic mass is 10.1. The molecule has 0 aliphatic carbocycles. The van der Waals surface area contributed by atoms with E-state index in [1.165, 1.54) is 13.1 Å². The van der Waals surface area contributed by atoms with Crippen molar-refractivity contribution in [2.75, 3.05) is 11.1 Å². The zero-order valence-corrected chi connectivity index (χ0v) is 17.2. The Hall–Kier alpha value is -3.14. The topological polar surface area (TPSA) is 94.0 Å². The zero-order valence-electron chi connectivity index (χ0n) is 16.4. The van der Waals surface area contributed by atoms with Crippen LogP contribution >= 0.6 is 0 Å². The van der Waals surface area contributed by atoms with Crippen LogP contribution in [0.25, 0.3) is 16.9 Å². The summed E-state index contributed by atoms with van der Waals surface area (Å²) < 4.78 is 54.3. The molecule has 0 fully saturated rings. The second-order valence-corrected chi connectivity index (χ2v) is 8.95. The monoisotopic (exact) mass is 434 g/mol. The highest BCUT2D eigenvalue weighted by atomic mass is 32.2. The molecule has 1 N–H and O–H groups in total.